The minimum Gasteiger partial charge on any atom is -0.491 e. The lowest BCUT2D eigenvalue weighted by Gasteiger charge is -2.08. The fraction of sp³-hybridized carbons (Fsp3) is 0.471. The molecule has 1 aromatic carbocycles. The van der Waals surface area contributed by atoms with Gasteiger partial charge in [-0.25, -0.2) is 4.79 Å². The predicted octanol–water partition coefficient (Wildman–Crippen LogP) is 2.57. The van der Waals surface area contributed by atoms with Crippen molar-refractivity contribution in [1.82, 2.24) is 0 Å². The molecule has 0 spiro atoms. The smallest absolute Gasteiger partial charge is 0.330 e. The van der Waals surface area contributed by atoms with E-state index >= 15 is 0 Å². The molecular formula is C17H24O6. The molecule has 0 aromatic heterocycles. The highest BCUT2D eigenvalue weighted by molar-refractivity contribution is 5.81. The van der Waals surface area contributed by atoms with Crippen LogP contribution in [-0.2, 0) is 19.0 Å². The highest BCUT2D eigenvalue weighted by atomic mass is 16.7. The Balaban J connectivity index is 1.98. The second-order valence-electron chi connectivity index (χ2n) is 4.56. The van der Waals surface area contributed by atoms with Crippen LogP contribution in [0.3, 0.4) is 0 Å². The molecule has 0 radical (unpaired) electrons. The molecule has 0 fully saturated rings. The first-order valence-corrected chi connectivity index (χ1v) is 7.48. The first-order chi connectivity index (χ1) is 11.3. The summed E-state index contributed by atoms with van der Waals surface area (Å²) >= 11 is 0. The van der Waals surface area contributed by atoms with Crippen LogP contribution < -0.4 is 9.47 Å². The minimum absolute atomic E-state index is 0.223. The van der Waals surface area contributed by atoms with E-state index in [1.807, 2.05) is 24.3 Å². The van der Waals surface area contributed by atoms with E-state index in [4.69, 9.17) is 23.7 Å². The van der Waals surface area contributed by atoms with Crippen molar-refractivity contribution in [2.45, 2.75) is 12.8 Å². The monoisotopic (exact) mass is 324 g/mol. The molecular weight excluding hydrogens is 300 g/mol. The lowest BCUT2D eigenvalue weighted by molar-refractivity contribution is -0.137. The Morgan fingerprint density at radius 2 is 1.65 bits per heavy atom. The van der Waals surface area contributed by atoms with Crippen LogP contribution in [0, 0.1) is 0 Å². The Morgan fingerprint density at radius 3 is 2.30 bits per heavy atom. The number of ether oxygens (including phenoxy) is 5. The van der Waals surface area contributed by atoms with Crippen LogP contribution in [0.25, 0.3) is 0 Å². The number of hydrogen-bond acceptors (Lipinski definition) is 6. The third-order valence-electron chi connectivity index (χ3n) is 2.76. The van der Waals surface area contributed by atoms with Gasteiger partial charge >= 0.3 is 5.97 Å². The zero-order valence-corrected chi connectivity index (χ0v) is 13.5. The molecule has 0 unspecified atom stereocenters. The van der Waals surface area contributed by atoms with E-state index in [1.54, 1.807) is 7.11 Å². The molecule has 0 N–H and O–H groups in total. The van der Waals surface area contributed by atoms with Gasteiger partial charge < -0.3 is 23.7 Å². The van der Waals surface area contributed by atoms with Gasteiger partial charge in [0.15, 0.2) is 6.79 Å². The number of rotatable bonds is 13. The van der Waals surface area contributed by atoms with Gasteiger partial charge in [0.05, 0.1) is 13.2 Å². The van der Waals surface area contributed by atoms with Gasteiger partial charge in [-0.15, -0.1) is 0 Å². The summed E-state index contributed by atoms with van der Waals surface area (Å²) < 4.78 is 25.9. The molecule has 1 aromatic rings. The number of methoxy groups -OCH3 is 1. The number of hydrogen-bond donors (Lipinski definition) is 0. The normalized spacial score (nSPS) is 10.1. The van der Waals surface area contributed by atoms with Gasteiger partial charge in [0, 0.05) is 19.8 Å². The van der Waals surface area contributed by atoms with E-state index < -0.39 is 5.97 Å². The standard InChI is InChI=1S/C17H24O6/c1-3-17(18)22-11-5-4-10-20-12-13-21-15-6-8-16(9-7-15)23-14-19-2/h3,6-9H,1,4-5,10-14H2,2H3. The Morgan fingerprint density at radius 1 is 1.00 bits per heavy atom. The summed E-state index contributed by atoms with van der Waals surface area (Å²) in [5, 5.41) is 0. The van der Waals surface area contributed by atoms with E-state index in [-0.39, 0.29) is 6.79 Å². The topological polar surface area (TPSA) is 63.2 Å². The fourth-order valence-electron chi connectivity index (χ4n) is 1.62. The van der Waals surface area contributed by atoms with E-state index in [9.17, 15) is 4.79 Å². The average molecular weight is 324 g/mol. The summed E-state index contributed by atoms with van der Waals surface area (Å²) in [5.74, 6) is 1.10. The molecule has 1 rings (SSSR count). The van der Waals surface area contributed by atoms with Crippen molar-refractivity contribution < 1.29 is 28.5 Å². The van der Waals surface area contributed by atoms with Gasteiger partial charge in [-0.1, -0.05) is 6.58 Å². The van der Waals surface area contributed by atoms with Gasteiger partial charge in [0.25, 0.3) is 0 Å². The van der Waals surface area contributed by atoms with Crippen LogP contribution in [0.5, 0.6) is 11.5 Å². The second-order valence-corrected chi connectivity index (χ2v) is 4.56. The van der Waals surface area contributed by atoms with Gasteiger partial charge in [0.1, 0.15) is 18.1 Å². The van der Waals surface area contributed by atoms with Crippen molar-refractivity contribution in [3.63, 3.8) is 0 Å². The van der Waals surface area contributed by atoms with Gasteiger partial charge in [-0.3, -0.25) is 0 Å². The zero-order valence-electron chi connectivity index (χ0n) is 13.5. The summed E-state index contributed by atoms with van der Waals surface area (Å²) in [6, 6.07) is 7.30. The molecule has 0 amide bonds. The Hall–Kier alpha value is -2.05. The van der Waals surface area contributed by atoms with Crippen molar-refractivity contribution in [3.05, 3.63) is 36.9 Å². The van der Waals surface area contributed by atoms with E-state index in [0.717, 1.165) is 30.4 Å². The van der Waals surface area contributed by atoms with Crippen molar-refractivity contribution in [2.75, 3.05) is 40.3 Å². The number of esters is 1. The zero-order chi connectivity index (χ0) is 16.8. The van der Waals surface area contributed by atoms with Gasteiger partial charge in [-0.2, -0.15) is 0 Å². The van der Waals surface area contributed by atoms with Crippen LogP contribution in [0.1, 0.15) is 12.8 Å². The lowest BCUT2D eigenvalue weighted by Crippen LogP contribution is -2.08. The number of carbonyl (C=O) groups is 1. The van der Waals surface area contributed by atoms with Crippen molar-refractivity contribution in [1.29, 1.82) is 0 Å². The Labute approximate surface area is 136 Å². The lowest BCUT2D eigenvalue weighted by atomic mass is 10.3. The maximum Gasteiger partial charge on any atom is 0.330 e. The summed E-state index contributed by atoms with van der Waals surface area (Å²) in [7, 11) is 1.57. The molecule has 0 atom stereocenters. The fourth-order valence-corrected chi connectivity index (χ4v) is 1.62. The van der Waals surface area contributed by atoms with E-state index in [1.165, 1.54) is 0 Å². The number of benzene rings is 1. The molecule has 128 valence electrons. The maximum atomic E-state index is 10.8. The van der Waals surface area contributed by atoms with Crippen LogP contribution in [-0.4, -0.2) is 46.3 Å². The molecule has 6 heteroatoms. The average Bonchev–Trinajstić information content (AvgIpc) is 2.59. The predicted molar refractivity (Wildman–Crippen MR) is 85.7 cm³/mol. The highest BCUT2D eigenvalue weighted by Gasteiger charge is 1.98. The summed E-state index contributed by atoms with van der Waals surface area (Å²) in [4.78, 5) is 10.8. The second kappa shape index (κ2) is 12.5. The third-order valence-corrected chi connectivity index (χ3v) is 2.76. The van der Waals surface area contributed by atoms with Crippen molar-refractivity contribution in [3.8, 4) is 11.5 Å². The molecule has 0 heterocycles. The van der Waals surface area contributed by atoms with Crippen LogP contribution in [0.2, 0.25) is 0 Å². The van der Waals surface area contributed by atoms with Crippen molar-refractivity contribution in [2.24, 2.45) is 0 Å². The number of unbranched alkanes of at least 4 members (excludes halogenated alkanes) is 1. The highest BCUT2D eigenvalue weighted by Crippen LogP contribution is 2.17. The Bertz CT molecular complexity index is 443. The molecule has 0 aliphatic heterocycles. The Kier molecular flexibility index (Phi) is 10.3. The molecule has 0 saturated heterocycles. The largest absolute Gasteiger partial charge is 0.491 e. The van der Waals surface area contributed by atoms with Gasteiger partial charge in [-0.05, 0) is 37.1 Å². The van der Waals surface area contributed by atoms with Crippen LogP contribution in [0.4, 0.5) is 0 Å². The maximum absolute atomic E-state index is 10.8. The quantitative estimate of drug-likeness (QED) is 0.240. The van der Waals surface area contributed by atoms with Gasteiger partial charge in [0.2, 0.25) is 0 Å². The molecule has 0 aliphatic carbocycles. The summed E-state index contributed by atoms with van der Waals surface area (Å²) in [6.45, 7) is 5.53. The summed E-state index contributed by atoms with van der Waals surface area (Å²) in [6.07, 6.45) is 2.75. The van der Waals surface area contributed by atoms with E-state index in [2.05, 4.69) is 6.58 Å². The summed E-state index contributed by atoms with van der Waals surface area (Å²) in [5.41, 5.74) is 0. The molecule has 0 bridgehead atoms. The van der Waals surface area contributed by atoms with Crippen LogP contribution in [0.15, 0.2) is 36.9 Å². The molecule has 23 heavy (non-hydrogen) atoms. The SMILES string of the molecule is C=CC(=O)OCCCCOCCOc1ccc(OCOC)cc1. The molecule has 0 saturated carbocycles. The molecule has 6 nitrogen and oxygen atoms in total. The minimum atomic E-state index is -0.391. The van der Waals surface area contributed by atoms with Crippen molar-refractivity contribution >= 4 is 5.97 Å². The van der Waals surface area contributed by atoms with Crippen LogP contribution >= 0.6 is 0 Å². The number of carbonyl (C=O) groups excluding carboxylic acids is 1. The first kappa shape index (κ1) is 19.0. The third kappa shape index (κ3) is 9.55. The first-order valence-electron chi connectivity index (χ1n) is 7.48. The molecule has 0 aliphatic rings. The van der Waals surface area contributed by atoms with E-state index in [0.29, 0.717) is 26.4 Å².